The molecule has 0 unspecified atom stereocenters. The summed E-state index contributed by atoms with van der Waals surface area (Å²) >= 11 is 0.968. The standard InChI is InChI=1S/C25H21NO3S/c1-18-7-13-22(14-8-18)29-16-15-26-24(27)23(30-25(26)28)17-19-9-11-21(12-10-19)20-5-3-2-4-6-20/h2-14,17H,15-16H2,1H3/b23-17-. The summed E-state index contributed by atoms with van der Waals surface area (Å²) in [6.07, 6.45) is 1.76. The lowest BCUT2D eigenvalue weighted by atomic mass is 10.0. The molecule has 30 heavy (non-hydrogen) atoms. The van der Waals surface area contributed by atoms with Crippen LogP contribution in [0.5, 0.6) is 5.75 Å². The summed E-state index contributed by atoms with van der Waals surface area (Å²) in [6.45, 7) is 2.49. The maximum absolute atomic E-state index is 12.7. The van der Waals surface area contributed by atoms with Crippen molar-refractivity contribution in [2.45, 2.75) is 6.92 Å². The predicted octanol–water partition coefficient (Wildman–Crippen LogP) is 5.78. The topological polar surface area (TPSA) is 46.6 Å². The molecule has 0 spiro atoms. The number of benzene rings is 3. The molecular formula is C25H21NO3S. The Hall–Kier alpha value is -3.31. The summed E-state index contributed by atoms with van der Waals surface area (Å²) in [5.74, 6) is 0.450. The summed E-state index contributed by atoms with van der Waals surface area (Å²) in [6, 6.07) is 25.7. The van der Waals surface area contributed by atoms with Crippen molar-refractivity contribution < 1.29 is 14.3 Å². The minimum atomic E-state index is -0.273. The van der Waals surface area contributed by atoms with Gasteiger partial charge in [-0.25, -0.2) is 0 Å². The molecule has 4 nitrogen and oxygen atoms in total. The average Bonchev–Trinajstić information content (AvgIpc) is 3.03. The van der Waals surface area contributed by atoms with E-state index in [1.54, 1.807) is 6.08 Å². The van der Waals surface area contributed by atoms with Gasteiger partial charge in [-0.3, -0.25) is 14.5 Å². The molecule has 150 valence electrons. The van der Waals surface area contributed by atoms with Gasteiger partial charge in [0, 0.05) is 0 Å². The number of rotatable bonds is 6. The van der Waals surface area contributed by atoms with Crippen LogP contribution in [0.1, 0.15) is 11.1 Å². The summed E-state index contributed by atoms with van der Waals surface area (Å²) in [5.41, 5.74) is 4.28. The predicted molar refractivity (Wildman–Crippen MR) is 121 cm³/mol. The van der Waals surface area contributed by atoms with Crippen LogP contribution in [-0.4, -0.2) is 29.2 Å². The zero-order chi connectivity index (χ0) is 20.9. The van der Waals surface area contributed by atoms with Crippen LogP contribution in [0.4, 0.5) is 4.79 Å². The van der Waals surface area contributed by atoms with E-state index in [0.29, 0.717) is 4.91 Å². The molecule has 4 rings (SSSR count). The van der Waals surface area contributed by atoms with Crippen LogP contribution < -0.4 is 4.74 Å². The van der Waals surface area contributed by atoms with Crippen molar-refractivity contribution in [3.63, 3.8) is 0 Å². The maximum atomic E-state index is 12.7. The number of thioether (sulfide) groups is 1. The number of amides is 2. The zero-order valence-electron chi connectivity index (χ0n) is 16.6. The highest BCUT2D eigenvalue weighted by Gasteiger charge is 2.34. The first-order valence-corrected chi connectivity index (χ1v) is 10.5. The van der Waals surface area contributed by atoms with Crippen molar-refractivity contribution in [2.24, 2.45) is 0 Å². The molecule has 0 saturated carbocycles. The smallest absolute Gasteiger partial charge is 0.293 e. The molecule has 1 aliphatic rings. The number of aryl methyl sites for hydroxylation is 1. The van der Waals surface area contributed by atoms with Gasteiger partial charge in [0.05, 0.1) is 11.4 Å². The fraction of sp³-hybridized carbons (Fsp3) is 0.120. The molecular weight excluding hydrogens is 394 g/mol. The molecule has 0 radical (unpaired) electrons. The fourth-order valence-corrected chi connectivity index (χ4v) is 4.00. The van der Waals surface area contributed by atoms with E-state index in [9.17, 15) is 9.59 Å². The van der Waals surface area contributed by atoms with Gasteiger partial charge in [0.1, 0.15) is 12.4 Å². The molecule has 0 bridgehead atoms. The fourth-order valence-electron chi connectivity index (χ4n) is 3.14. The molecule has 1 saturated heterocycles. The normalized spacial score (nSPS) is 15.1. The van der Waals surface area contributed by atoms with E-state index in [0.717, 1.165) is 39.8 Å². The summed E-state index contributed by atoms with van der Waals surface area (Å²) in [4.78, 5) is 26.6. The molecule has 1 heterocycles. The number of nitrogens with zero attached hydrogens (tertiary/aromatic N) is 1. The second kappa shape index (κ2) is 9.01. The van der Waals surface area contributed by atoms with Gasteiger partial charge in [-0.1, -0.05) is 72.3 Å². The highest BCUT2D eigenvalue weighted by atomic mass is 32.2. The van der Waals surface area contributed by atoms with Gasteiger partial charge < -0.3 is 4.74 Å². The van der Waals surface area contributed by atoms with Crippen LogP contribution in [0, 0.1) is 6.92 Å². The van der Waals surface area contributed by atoms with E-state index in [1.807, 2.05) is 73.7 Å². The zero-order valence-corrected chi connectivity index (χ0v) is 17.4. The molecule has 1 fully saturated rings. The van der Waals surface area contributed by atoms with E-state index in [2.05, 4.69) is 12.1 Å². The number of imide groups is 1. The van der Waals surface area contributed by atoms with Crippen molar-refractivity contribution in [3.8, 4) is 16.9 Å². The minimum absolute atomic E-state index is 0.225. The van der Waals surface area contributed by atoms with Gasteiger partial charge in [0.25, 0.3) is 11.1 Å². The molecule has 0 atom stereocenters. The van der Waals surface area contributed by atoms with Gasteiger partial charge in [-0.2, -0.15) is 0 Å². The first kappa shape index (κ1) is 20.0. The number of carbonyl (C=O) groups is 2. The Morgan fingerprint density at radius 2 is 1.53 bits per heavy atom. The monoisotopic (exact) mass is 415 g/mol. The maximum Gasteiger partial charge on any atom is 0.293 e. The largest absolute Gasteiger partial charge is 0.492 e. The third-order valence-corrected chi connectivity index (χ3v) is 5.70. The number of hydrogen-bond acceptors (Lipinski definition) is 4. The van der Waals surface area contributed by atoms with E-state index in [1.165, 1.54) is 4.90 Å². The lowest BCUT2D eigenvalue weighted by Crippen LogP contribution is -2.32. The van der Waals surface area contributed by atoms with Crippen molar-refractivity contribution in [1.29, 1.82) is 0 Å². The van der Waals surface area contributed by atoms with Crippen molar-refractivity contribution in [3.05, 3.63) is 94.9 Å². The molecule has 0 N–H and O–H groups in total. The lowest BCUT2D eigenvalue weighted by Gasteiger charge is -2.13. The second-order valence-corrected chi connectivity index (χ2v) is 7.98. The molecule has 3 aromatic rings. The Balaban J connectivity index is 1.39. The number of hydrogen-bond donors (Lipinski definition) is 0. The molecule has 0 aliphatic carbocycles. The Labute approximate surface area is 180 Å². The van der Waals surface area contributed by atoms with Crippen LogP contribution in [0.25, 0.3) is 17.2 Å². The molecule has 2 amide bonds. The van der Waals surface area contributed by atoms with Gasteiger partial charge in [-0.15, -0.1) is 0 Å². The SMILES string of the molecule is Cc1ccc(OCCN2C(=O)S/C(=C\c3ccc(-c4ccccc4)cc3)C2=O)cc1. The van der Waals surface area contributed by atoms with E-state index >= 15 is 0 Å². The third-order valence-electron chi connectivity index (χ3n) is 4.79. The third kappa shape index (κ3) is 4.63. The van der Waals surface area contributed by atoms with Gasteiger partial charge >= 0.3 is 0 Å². The van der Waals surface area contributed by atoms with Crippen LogP contribution >= 0.6 is 11.8 Å². The average molecular weight is 416 g/mol. The minimum Gasteiger partial charge on any atom is -0.492 e. The second-order valence-electron chi connectivity index (χ2n) is 6.98. The molecule has 3 aromatic carbocycles. The van der Waals surface area contributed by atoms with Gasteiger partial charge in [0.15, 0.2) is 0 Å². The van der Waals surface area contributed by atoms with E-state index < -0.39 is 0 Å². The van der Waals surface area contributed by atoms with Crippen LogP contribution in [-0.2, 0) is 4.79 Å². The van der Waals surface area contributed by atoms with Crippen molar-refractivity contribution in [1.82, 2.24) is 4.90 Å². The number of carbonyl (C=O) groups excluding carboxylic acids is 2. The highest BCUT2D eigenvalue weighted by Crippen LogP contribution is 2.32. The molecule has 1 aliphatic heterocycles. The Morgan fingerprint density at radius 3 is 2.23 bits per heavy atom. The lowest BCUT2D eigenvalue weighted by molar-refractivity contribution is -0.123. The Bertz CT molecular complexity index is 1070. The Morgan fingerprint density at radius 1 is 0.867 bits per heavy atom. The van der Waals surface area contributed by atoms with Crippen molar-refractivity contribution >= 4 is 29.0 Å². The summed E-state index contributed by atoms with van der Waals surface area (Å²) in [5, 5.41) is -0.264. The van der Waals surface area contributed by atoms with E-state index in [-0.39, 0.29) is 24.3 Å². The van der Waals surface area contributed by atoms with Crippen LogP contribution in [0.15, 0.2) is 83.8 Å². The van der Waals surface area contributed by atoms with E-state index in [4.69, 9.17) is 4.74 Å². The van der Waals surface area contributed by atoms with Gasteiger partial charge in [0.2, 0.25) is 0 Å². The molecule has 5 heteroatoms. The first-order valence-electron chi connectivity index (χ1n) is 9.70. The number of ether oxygens (including phenoxy) is 1. The van der Waals surface area contributed by atoms with Crippen LogP contribution in [0.2, 0.25) is 0 Å². The Kier molecular flexibility index (Phi) is 6.00. The van der Waals surface area contributed by atoms with Crippen molar-refractivity contribution in [2.75, 3.05) is 13.2 Å². The molecule has 0 aromatic heterocycles. The summed E-state index contributed by atoms with van der Waals surface area (Å²) < 4.78 is 5.65. The first-order chi connectivity index (χ1) is 14.6. The van der Waals surface area contributed by atoms with Gasteiger partial charge in [-0.05, 0) is 53.6 Å². The van der Waals surface area contributed by atoms with Crippen LogP contribution in [0.3, 0.4) is 0 Å². The quantitative estimate of drug-likeness (QED) is 0.479. The summed E-state index contributed by atoms with van der Waals surface area (Å²) in [7, 11) is 0. The highest BCUT2D eigenvalue weighted by molar-refractivity contribution is 8.18.